The maximum Gasteiger partial charge on any atom is 0.330 e. The van der Waals surface area contributed by atoms with Crippen molar-refractivity contribution in [2.45, 2.75) is 43.5 Å². The van der Waals surface area contributed by atoms with Gasteiger partial charge < -0.3 is 50.0 Å². The number of hydrogen-bond donors (Lipinski definition) is 7. The number of carboxylic acids is 1. The summed E-state index contributed by atoms with van der Waals surface area (Å²) >= 11 is 0. The fourth-order valence-electron chi connectivity index (χ4n) is 1.79. The summed E-state index contributed by atoms with van der Waals surface area (Å²) in [5.41, 5.74) is -0.0647. The lowest BCUT2D eigenvalue weighted by Gasteiger charge is -2.35. The number of carbonyl (C=O) groups is 1. The van der Waals surface area contributed by atoms with E-state index in [0.717, 1.165) is 0 Å². The third-order valence-electron chi connectivity index (χ3n) is 3.38. The van der Waals surface area contributed by atoms with Crippen LogP contribution in [0.3, 0.4) is 0 Å². The van der Waals surface area contributed by atoms with E-state index in [-0.39, 0.29) is 24.8 Å². The number of aliphatic hydroxyl groups is 6. The van der Waals surface area contributed by atoms with Gasteiger partial charge in [-0.25, -0.2) is 4.79 Å². The maximum atomic E-state index is 10.8. The molecule has 0 saturated carbocycles. The Morgan fingerprint density at radius 2 is 1.22 bits per heavy atom. The van der Waals surface area contributed by atoms with Gasteiger partial charge in [-0.1, -0.05) is 6.58 Å². The SMILES string of the molecule is C=C(CCCC(OCC(O)CO)(OCC(O)CO)OCC(O)CO)C(=O)O. The van der Waals surface area contributed by atoms with Gasteiger partial charge in [0.25, 0.3) is 5.97 Å². The number of hydrogen-bond acceptors (Lipinski definition) is 10. The summed E-state index contributed by atoms with van der Waals surface area (Å²) in [5, 5.41) is 64.1. The fourth-order valence-corrected chi connectivity index (χ4v) is 1.79. The summed E-state index contributed by atoms with van der Waals surface area (Å²) < 4.78 is 16.2. The summed E-state index contributed by atoms with van der Waals surface area (Å²) in [6.45, 7) is 0.286. The van der Waals surface area contributed by atoms with Gasteiger partial charge in [-0.3, -0.25) is 0 Å². The van der Waals surface area contributed by atoms with Gasteiger partial charge in [0.05, 0.1) is 39.6 Å². The average molecular weight is 398 g/mol. The Morgan fingerprint density at radius 1 is 0.852 bits per heavy atom. The summed E-state index contributed by atoms with van der Waals surface area (Å²) in [7, 11) is 0. The highest BCUT2D eigenvalue weighted by atomic mass is 16.9. The van der Waals surface area contributed by atoms with Crippen molar-refractivity contribution in [2.75, 3.05) is 39.6 Å². The van der Waals surface area contributed by atoms with Gasteiger partial charge in [0.1, 0.15) is 18.3 Å². The molecule has 7 N–H and O–H groups in total. The van der Waals surface area contributed by atoms with Crippen molar-refractivity contribution >= 4 is 5.97 Å². The Hall–Kier alpha value is -1.15. The molecule has 0 aromatic carbocycles. The van der Waals surface area contributed by atoms with Crippen LogP contribution in [0, 0.1) is 0 Å². The highest BCUT2D eigenvalue weighted by Gasteiger charge is 2.36. The predicted molar refractivity (Wildman–Crippen MR) is 90.5 cm³/mol. The van der Waals surface area contributed by atoms with Crippen LogP contribution in [0.4, 0.5) is 0 Å². The zero-order valence-corrected chi connectivity index (χ0v) is 15.1. The molecule has 0 aromatic heterocycles. The largest absolute Gasteiger partial charge is 0.478 e. The zero-order chi connectivity index (χ0) is 20.9. The van der Waals surface area contributed by atoms with Crippen LogP contribution < -0.4 is 0 Å². The van der Waals surface area contributed by atoms with Gasteiger partial charge in [0.15, 0.2) is 0 Å². The molecule has 0 aliphatic carbocycles. The first-order valence-electron chi connectivity index (χ1n) is 8.39. The number of carboxylic acid groups (broad SMARTS) is 1. The Kier molecular flexibility index (Phi) is 13.3. The minimum Gasteiger partial charge on any atom is -0.478 e. The van der Waals surface area contributed by atoms with Gasteiger partial charge in [-0.2, -0.15) is 0 Å². The van der Waals surface area contributed by atoms with E-state index in [1.165, 1.54) is 0 Å². The molecule has 0 rings (SSSR count). The molecule has 0 aliphatic rings. The van der Waals surface area contributed by atoms with Crippen LogP contribution in [-0.2, 0) is 19.0 Å². The molecule has 0 amide bonds. The third-order valence-corrected chi connectivity index (χ3v) is 3.38. The molecule has 3 unspecified atom stereocenters. The Labute approximate surface area is 157 Å². The molecule has 11 heteroatoms. The van der Waals surface area contributed by atoms with Gasteiger partial charge in [0.2, 0.25) is 0 Å². The second kappa shape index (κ2) is 13.9. The van der Waals surface area contributed by atoms with Crippen LogP contribution in [0.2, 0.25) is 0 Å². The van der Waals surface area contributed by atoms with Crippen LogP contribution in [0.5, 0.6) is 0 Å². The second-order valence-corrected chi connectivity index (χ2v) is 5.89. The van der Waals surface area contributed by atoms with Crippen molar-refractivity contribution in [2.24, 2.45) is 0 Å². The highest BCUT2D eigenvalue weighted by Crippen LogP contribution is 2.25. The highest BCUT2D eigenvalue weighted by molar-refractivity contribution is 5.85. The number of rotatable bonds is 17. The minimum atomic E-state index is -1.93. The Morgan fingerprint density at radius 3 is 1.52 bits per heavy atom. The molecule has 0 aromatic rings. The molecule has 0 spiro atoms. The number of aliphatic carboxylic acids is 1. The standard InChI is InChI=1S/C16H30O11/c1-11(15(23)24)3-2-4-16(25-8-12(20)5-17,26-9-13(21)6-18)27-10-14(22)7-19/h12-14,17-22H,1-10H2,(H,23,24). The maximum absolute atomic E-state index is 10.8. The Bertz CT molecular complexity index is 393. The quantitative estimate of drug-likeness (QED) is 0.102. The van der Waals surface area contributed by atoms with Crippen molar-refractivity contribution in [1.29, 1.82) is 0 Å². The van der Waals surface area contributed by atoms with E-state index >= 15 is 0 Å². The lowest BCUT2D eigenvalue weighted by molar-refractivity contribution is -0.395. The smallest absolute Gasteiger partial charge is 0.330 e. The second-order valence-electron chi connectivity index (χ2n) is 5.89. The van der Waals surface area contributed by atoms with Crippen LogP contribution in [-0.4, -0.2) is 106 Å². The van der Waals surface area contributed by atoms with Crippen LogP contribution in [0.15, 0.2) is 12.2 Å². The predicted octanol–water partition coefficient (Wildman–Crippen LogP) is -2.44. The first-order chi connectivity index (χ1) is 12.7. The van der Waals surface area contributed by atoms with Crippen molar-refractivity contribution < 1.29 is 54.8 Å². The van der Waals surface area contributed by atoms with E-state index < -0.39 is 69.9 Å². The molecular weight excluding hydrogens is 368 g/mol. The summed E-state index contributed by atoms with van der Waals surface area (Å²) in [4.78, 5) is 10.8. The monoisotopic (exact) mass is 398 g/mol. The van der Waals surface area contributed by atoms with Crippen LogP contribution >= 0.6 is 0 Å². The van der Waals surface area contributed by atoms with E-state index in [1.54, 1.807) is 0 Å². The van der Waals surface area contributed by atoms with E-state index in [1.807, 2.05) is 0 Å². The lowest BCUT2D eigenvalue weighted by Crippen LogP contribution is -2.45. The first kappa shape index (κ1) is 25.9. The summed E-state index contributed by atoms with van der Waals surface area (Å²) in [5.74, 6) is -3.10. The molecule has 11 nitrogen and oxygen atoms in total. The van der Waals surface area contributed by atoms with E-state index in [4.69, 9.17) is 34.6 Å². The third kappa shape index (κ3) is 11.3. The van der Waals surface area contributed by atoms with Gasteiger partial charge in [0, 0.05) is 12.0 Å². The summed E-state index contributed by atoms with van der Waals surface area (Å²) in [6.07, 6.45) is -3.68. The lowest BCUT2D eigenvalue weighted by atomic mass is 10.1. The molecule has 0 heterocycles. The molecule has 0 fully saturated rings. The average Bonchev–Trinajstić information content (AvgIpc) is 2.67. The van der Waals surface area contributed by atoms with Crippen LogP contribution in [0.1, 0.15) is 19.3 Å². The van der Waals surface area contributed by atoms with E-state index in [9.17, 15) is 20.1 Å². The number of aliphatic hydroxyl groups excluding tert-OH is 6. The van der Waals surface area contributed by atoms with E-state index in [0.29, 0.717) is 0 Å². The van der Waals surface area contributed by atoms with Gasteiger partial charge >= 0.3 is 5.97 Å². The number of ether oxygens (including phenoxy) is 3. The van der Waals surface area contributed by atoms with E-state index in [2.05, 4.69) is 6.58 Å². The minimum absolute atomic E-state index is 0.0564. The molecular formula is C16H30O11. The molecule has 27 heavy (non-hydrogen) atoms. The summed E-state index contributed by atoms with van der Waals surface area (Å²) in [6, 6.07) is 0. The fraction of sp³-hybridized carbons (Fsp3) is 0.812. The van der Waals surface area contributed by atoms with Crippen molar-refractivity contribution in [3.05, 3.63) is 12.2 Å². The zero-order valence-electron chi connectivity index (χ0n) is 15.1. The Balaban J connectivity index is 5.19. The first-order valence-corrected chi connectivity index (χ1v) is 8.39. The molecule has 160 valence electrons. The molecule has 0 saturated heterocycles. The molecule has 3 atom stereocenters. The van der Waals surface area contributed by atoms with Crippen molar-refractivity contribution in [3.63, 3.8) is 0 Å². The van der Waals surface area contributed by atoms with Crippen molar-refractivity contribution in [1.82, 2.24) is 0 Å². The van der Waals surface area contributed by atoms with Crippen LogP contribution in [0.25, 0.3) is 0 Å². The van der Waals surface area contributed by atoms with Gasteiger partial charge in [-0.15, -0.1) is 0 Å². The molecule has 0 bridgehead atoms. The van der Waals surface area contributed by atoms with Gasteiger partial charge in [-0.05, 0) is 12.8 Å². The van der Waals surface area contributed by atoms with Crippen molar-refractivity contribution in [3.8, 4) is 0 Å². The topological polar surface area (TPSA) is 186 Å². The normalized spacial score (nSPS) is 17.1. The molecule has 0 radical (unpaired) electrons. The molecule has 0 aliphatic heterocycles.